The molecule has 0 fully saturated rings. The third kappa shape index (κ3) is 4.55. The Hall–Kier alpha value is -3.42. The van der Waals surface area contributed by atoms with Gasteiger partial charge in [-0.05, 0) is 31.2 Å². The Morgan fingerprint density at radius 3 is 2.06 bits per heavy atom. The summed E-state index contributed by atoms with van der Waals surface area (Å²) in [6.07, 6.45) is 0. The average Bonchev–Trinajstić information content (AvgIpc) is 3.24. The molecule has 0 saturated carbocycles. The summed E-state index contributed by atoms with van der Waals surface area (Å²) in [6, 6.07) is 38.3. The van der Waals surface area contributed by atoms with E-state index in [1.54, 1.807) is 7.11 Å². The summed E-state index contributed by atoms with van der Waals surface area (Å²) in [4.78, 5) is 0. The number of ether oxygens (including phenoxy) is 1. The number of hydrogen-bond donors (Lipinski definition) is 0. The average molecular weight is 453 g/mol. The van der Waals surface area contributed by atoms with Gasteiger partial charge in [0.1, 0.15) is 5.75 Å². The molecular formula is C29H27NO2P+. The highest BCUT2D eigenvalue weighted by Crippen LogP contribution is 2.56. The predicted molar refractivity (Wildman–Crippen MR) is 136 cm³/mol. The number of rotatable bonds is 6. The van der Waals surface area contributed by atoms with E-state index in [2.05, 4.69) is 109 Å². The van der Waals surface area contributed by atoms with Crippen LogP contribution in [0.15, 0.2) is 109 Å². The van der Waals surface area contributed by atoms with E-state index in [1.807, 2.05) is 12.1 Å². The van der Waals surface area contributed by atoms with Crippen molar-refractivity contribution in [2.24, 2.45) is 0 Å². The summed E-state index contributed by atoms with van der Waals surface area (Å²) < 4.78 is 14.7. The molecule has 2 atom stereocenters. The first-order valence-electron chi connectivity index (χ1n) is 11.1. The normalized spacial score (nSPS) is 17.6. The summed E-state index contributed by atoms with van der Waals surface area (Å²) in [6.45, 7) is 2.90. The quantitative estimate of drug-likeness (QED) is 0.249. The SMILES string of the molecule is COc1ccc(C2=[N+](Cc3ccccc3)C(c3ccc(C)cc3)P(c3ccccc3)O2)cc1. The van der Waals surface area contributed by atoms with Crippen molar-refractivity contribution in [2.45, 2.75) is 19.3 Å². The van der Waals surface area contributed by atoms with Crippen LogP contribution in [-0.4, -0.2) is 17.6 Å². The monoisotopic (exact) mass is 452 g/mol. The lowest BCUT2D eigenvalue weighted by Crippen LogP contribution is -2.20. The van der Waals surface area contributed by atoms with Crippen LogP contribution in [0.2, 0.25) is 0 Å². The maximum absolute atomic E-state index is 6.86. The molecule has 0 aliphatic carbocycles. The van der Waals surface area contributed by atoms with E-state index in [9.17, 15) is 0 Å². The fraction of sp³-hybridized carbons (Fsp3) is 0.138. The second-order valence-electron chi connectivity index (χ2n) is 8.18. The molecule has 1 heterocycles. The van der Waals surface area contributed by atoms with Gasteiger partial charge in [-0.3, -0.25) is 0 Å². The van der Waals surface area contributed by atoms with Gasteiger partial charge in [0, 0.05) is 16.4 Å². The van der Waals surface area contributed by atoms with E-state index in [0.29, 0.717) is 0 Å². The number of methoxy groups -OCH3 is 1. The van der Waals surface area contributed by atoms with Gasteiger partial charge < -0.3 is 9.26 Å². The van der Waals surface area contributed by atoms with Gasteiger partial charge in [0.15, 0.2) is 6.54 Å². The molecular weight excluding hydrogens is 425 g/mol. The van der Waals surface area contributed by atoms with E-state index in [1.165, 1.54) is 22.0 Å². The molecule has 0 aromatic heterocycles. The van der Waals surface area contributed by atoms with Crippen LogP contribution in [0.3, 0.4) is 0 Å². The van der Waals surface area contributed by atoms with Crippen molar-refractivity contribution < 1.29 is 13.8 Å². The molecule has 0 spiro atoms. The molecule has 5 rings (SSSR count). The zero-order valence-corrected chi connectivity index (χ0v) is 19.8. The molecule has 0 radical (unpaired) electrons. The van der Waals surface area contributed by atoms with Gasteiger partial charge in [-0.15, -0.1) is 0 Å². The zero-order chi connectivity index (χ0) is 22.6. The topological polar surface area (TPSA) is 21.5 Å². The van der Waals surface area contributed by atoms with Crippen molar-refractivity contribution >= 4 is 19.4 Å². The summed E-state index contributed by atoms with van der Waals surface area (Å²) in [5, 5.41) is 1.24. The van der Waals surface area contributed by atoms with Crippen LogP contribution in [0, 0.1) is 6.92 Å². The van der Waals surface area contributed by atoms with Crippen LogP contribution in [-0.2, 0) is 11.1 Å². The lowest BCUT2D eigenvalue weighted by Gasteiger charge is -2.16. The van der Waals surface area contributed by atoms with Gasteiger partial charge in [0.25, 0.3) is 0 Å². The number of hydrogen-bond acceptors (Lipinski definition) is 2. The minimum atomic E-state index is -0.942. The third-order valence-electron chi connectivity index (χ3n) is 5.88. The fourth-order valence-corrected chi connectivity index (χ4v) is 6.38. The molecule has 0 N–H and O–H groups in total. The molecule has 4 aromatic rings. The van der Waals surface area contributed by atoms with Crippen LogP contribution in [0.5, 0.6) is 5.75 Å². The highest BCUT2D eigenvalue weighted by atomic mass is 31.1. The highest BCUT2D eigenvalue weighted by Gasteiger charge is 2.47. The van der Waals surface area contributed by atoms with E-state index in [4.69, 9.17) is 9.26 Å². The lowest BCUT2D eigenvalue weighted by molar-refractivity contribution is -0.563. The molecule has 1 aliphatic rings. The van der Waals surface area contributed by atoms with Gasteiger partial charge in [-0.1, -0.05) is 90.5 Å². The van der Waals surface area contributed by atoms with Gasteiger partial charge in [0.05, 0.1) is 12.7 Å². The van der Waals surface area contributed by atoms with E-state index >= 15 is 0 Å². The number of benzene rings is 4. The van der Waals surface area contributed by atoms with Crippen molar-refractivity contribution in [1.29, 1.82) is 0 Å². The Kier molecular flexibility index (Phi) is 6.24. The molecule has 0 saturated heterocycles. The number of aryl methyl sites for hydroxylation is 1. The van der Waals surface area contributed by atoms with Gasteiger partial charge in [-0.25, -0.2) is 0 Å². The Morgan fingerprint density at radius 2 is 1.42 bits per heavy atom. The van der Waals surface area contributed by atoms with Gasteiger partial charge in [0.2, 0.25) is 13.9 Å². The first-order chi connectivity index (χ1) is 16.2. The molecule has 0 amide bonds. The van der Waals surface area contributed by atoms with E-state index in [-0.39, 0.29) is 5.78 Å². The van der Waals surface area contributed by atoms with Crippen molar-refractivity contribution in [3.8, 4) is 5.75 Å². The zero-order valence-electron chi connectivity index (χ0n) is 18.9. The molecule has 4 heteroatoms. The second kappa shape index (κ2) is 9.60. The minimum absolute atomic E-state index is 0.111. The molecule has 4 aromatic carbocycles. The molecule has 33 heavy (non-hydrogen) atoms. The van der Waals surface area contributed by atoms with Crippen LogP contribution in [0.1, 0.15) is 28.0 Å². The third-order valence-corrected chi connectivity index (χ3v) is 8.08. The summed E-state index contributed by atoms with van der Waals surface area (Å²) in [7, 11) is 0.751. The van der Waals surface area contributed by atoms with Crippen molar-refractivity contribution in [1.82, 2.24) is 0 Å². The van der Waals surface area contributed by atoms with E-state index in [0.717, 1.165) is 23.8 Å². The largest absolute Gasteiger partial charge is 0.497 e. The maximum Gasteiger partial charge on any atom is 0.374 e. The summed E-state index contributed by atoms with van der Waals surface area (Å²) in [5.74, 6) is 1.87. The highest BCUT2D eigenvalue weighted by molar-refractivity contribution is 7.61. The minimum Gasteiger partial charge on any atom is -0.497 e. The molecule has 2 unspecified atom stereocenters. The Morgan fingerprint density at radius 1 is 0.788 bits per heavy atom. The van der Waals surface area contributed by atoms with Crippen molar-refractivity contribution in [2.75, 3.05) is 7.11 Å². The molecule has 1 aliphatic heterocycles. The summed E-state index contributed by atoms with van der Waals surface area (Å²) in [5.41, 5.74) is 4.85. The predicted octanol–water partition coefficient (Wildman–Crippen LogP) is 6.41. The van der Waals surface area contributed by atoms with Crippen molar-refractivity contribution in [3.05, 3.63) is 131 Å². The molecule has 164 valence electrons. The van der Waals surface area contributed by atoms with Crippen LogP contribution in [0.25, 0.3) is 0 Å². The molecule has 3 nitrogen and oxygen atoms in total. The van der Waals surface area contributed by atoms with Crippen molar-refractivity contribution in [3.63, 3.8) is 0 Å². The van der Waals surface area contributed by atoms with Crippen LogP contribution in [0.4, 0.5) is 0 Å². The molecule has 0 bridgehead atoms. The fourth-order valence-electron chi connectivity index (χ4n) is 4.15. The Balaban J connectivity index is 1.67. The van der Waals surface area contributed by atoms with Crippen LogP contribution >= 0.6 is 8.15 Å². The first kappa shape index (κ1) is 21.4. The van der Waals surface area contributed by atoms with E-state index < -0.39 is 8.15 Å². The maximum atomic E-state index is 6.86. The Bertz CT molecular complexity index is 1240. The second-order valence-corrected chi connectivity index (χ2v) is 10.0. The lowest BCUT2D eigenvalue weighted by atomic mass is 10.1. The standard InChI is InChI=1S/C29H27NO2P/c1-22-13-15-25(16-14-22)29-30(21-23-9-5-3-6-10-23)28(24-17-19-26(31-2)20-18-24)32-33(29)27-11-7-4-8-12-27/h3-20,29H,21H2,1-2H3/q+1. The first-order valence-corrected chi connectivity index (χ1v) is 12.5. The van der Waals surface area contributed by atoms with Gasteiger partial charge >= 0.3 is 5.90 Å². The number of nitrogens with zero attached hydrogens (tertiary/aromatic N) is 1. The summed E-state index contributed by atoms with van der Waals surface area (Å²) >= 11 is 0. The smallest absolute Gasteiger partial charge is 0.374 e. The van der Waals surface area contributed by atoms with Crippen LogP contribution < -0.4 is 10.0 Å². The Labute approximate surface area is 196 Å². The van der Waals surface area contributed by atoms with Gasteiger partial charge in [-0.2, -0.15) is 4.58 Å².